The number of nitrogens with zero attached hydrogens (tertiary/aromatic N) is 1. The van der Waals surface area contributed by atoms with Gasteiger partial charge in [0.1, 0.15) is 0 Å². The van der Waals surface area contributed by atoms with Gasteiger partial charge in [0.2, 0.25) is 0 Å². The molecule has 1 atom stereocenters. The predicted octanol–water partition coefficient (Wildman–Crippen LogP) is 3.00. The number of hydrogen-bond donors (Lipinski definition) is 0. The molecule has 0 bridgehead atoms. The largest absolute Gasteiger partial charge is 0.306 e. The smallest absolute Gasteiger partial charge is 0.00692 e. The third-order valence-corrected chi connectivity index (χ3v) is 2.74. The fourth-order valence-electron chi connectivity index (χ4n) is 1.46. The van der Waals surface area contributed by atoms with Crippen LogP contribution in [0.4, 0.5) is 0 Å². The number of rotatable bonds is 4. The Kier molecular flexibility index (Phi) is 5.42. The molecular formula is C10H22BrN. The van der Waals surface area contributed by atoms with Gasteiger partial charge in [-0.15, -0.1) is 0 Å². The Morgan fingerprint density at radius 1 is 1.33 bits per heavy atom. The first-order valence-corrected chi connectivity index (χ1v) is 5.72. The van der Waals surface area contributed by atoms with Crippen molar-refractivity contribution >= 4 is 15.9 Å². The molecule has 0 saturated heterocycles. The van der Waals surface area contributed by atoms with Crippen LogP contribution in [-0.2, 0) is 0 Å². The molecule has 1 unspecified atom stereocenters. The zero-order valence-corrected chi connectivity index (χ0v) is 10.6. The molecule has 0 aromatic heterocycles. The third-order valence-electron chi connectivity index (χ3n) is 1.63. The molecule has 0 aromatic rings. The molecule has 0 saturated carbocycles. The molecule has 1 nitrogen and oxygen atoms in total. The van der Waals surface area contributed by atoms with E-state index in [9.17, 15) is 0 Å². The van der Waals surface area contributed by atoms with E-state index in [0.717, 1.165) is 11.2 Å². The highest BCUT2D eigenvalue weighted by atomic mass is 79.9. The van der Waals surface area contributed by atoms with Crippen LogP contribution in [-0.4, -0.2) is 30.4 Å². The Balaban J connectivity index is 3.66. The summed E-state index contributed by atoms with van der Waals surface area (Å²) in [5, 5.41) is 1.10. The van der Waals surface area contributed by atoms with E-state index in [2.05, 4.69) is 55.6 Å². The van der Waals surface area contributed by atoms with Crippen molar-refractivity contribution < 1.29 is 0 Å². The summed E-state index contributed by atoms with van der Waals surface area (Å²) in [6, 6.07) is 0. The summed E-state index contributed by atoms with van der Waals surface area (Å²) in [5.74, 6) is 0.748. The van der Waals surface area contributed by atoms with Crippen LogP contribution in [0.1, 0.15) is 27.7 Å². The Hall–Kier alpha value is 0.440. The fraction of sp³-hybridized carbons (Fsp3) is 1.00. The maximum atomic E-state index is 3.50. The highest BCUT2D eigenvalue weighted by Gasteiger charge is 2.14. The van der Waals surface area contributed by atoms with Crippen molar-refractivity contribution in [2.24, 2.45) is 11.3 Å². The molecule has 0 aliphatic carbocycles. The van der Waals surface area contributed by atoms with Crippen LogP contribution >= 0.6 is 15.9 Å². The first-order chi connectivity index (χ1) is 5.35. The van der Waals surface area contributed by atoms with Gasteiger partial charge < -0.3 is 4.90 Å². The summed E-state index contributed by atoms with van der Waals surface area (Å²) in [6.07, 6.45) is 0. The van der Waals surface area contributed by atoms with E-state index in [0.29, 0.717) is 5.41 Å². The van der Waals surface area contributed by atoms with Crippen LogP contribution in [0.15, 0.2) is 0 Å². The highest BCUT2D eigenvalue weighted by Crippen LogP contribution is 2.15. The van der Waals surface area contributed by atoms with Gasteiger partial charge >= 0.3 is 0 Å². The van der Waals surface area contributed by atoms with Crippen LogP contribution in [0.5, 0.6) is 0 Å². The van der Waals surface area contributed by atoms with Crippen LogP contribution in [0.2, 0.25) is 0 Å². The maximum Gasteiger partial charge on any atom is 0.00692 e. The lowest BCUT2D eigenvalue weighted by Crippen LogP contribution is -2.32. The average Bonchev–Trinajstić information content (AvgIpc) is 1.82. The topological polar surface area (TPSA) is 3.24 Å². The molecule has 0 rings (SSSR count). The van der Waals surface area contributed by atoms with Gasteiger partial charge in [0.25, 0.3) is 0 Å². The van der Waals surface area contributed by atoms with Crippen molar-refractivity contribution in [3.63, 3.8) is 0 Å². The second kappa shape index (κ2) is 5.23. The van der Waals surface area contributed by atoms with Gasteiger partial charge in [-0.1, -0.05) is 43.6 Å². The molecule has 0 aliphatic heterocycles. The standard InChI is InChI=1S/C10H22BrN/c1-9(6-11)7-12(5)8-10(2,3)4/h9H,6-8H2,1-5H3. The molecular weight excluding hydrogens is 214 g/mol. The Bertz CT molecular complexity index is 117. The maximum absolute atomic E-state index is 3.50. The zero-order chi connectivity index (χ0) is 9.78. The molecule has 12 heavy (non-hydrogen) atoms. The van der Waals surface area contributed by atoms with Gasteiger partial charge in [0, 0.05) is 18.4 Å². The Labute approximate surface area is 85.7 Å². The van der Waals surface area contributed by atoms with Crippen molar-refractivity contribution in [1.29, 1.82) is 0 Å². The molecule has 0 spiro atoms. The third kappa shape index (κ3) is 7.11. The number of halogens is 1. The quantitative estimate of drug-likeness (QED) is 0.678. The van der Waals surface area contributed by atoms with Crippen molar-refractivity contribution in [3.05, 3.63) is 0 Å². The molecule has 0 aromatic carbocycles. The van der Waals surface area contributed by atoms with E-state index in [1.54, 1.807) is 0 Å². The zero-order valence-electron chi connectivity index (χ0n) is 9.02. The molecule has 0 N–H and O–H groups in total. The average molecular weight is 236 g/mol. The van der Waals surface area contributed by atoms with Gasteiger partial charge in [0.05, 0.1) is 0 Å². The summed E-state index contributed by atoms with van der Waals surface area (Å²) in [4.78, 5) is 2.41. The Morgan fingerprint density at radius 2 is 1.83 bits per heavy atom. The normalized spacial score (nSPS) is 15.2. The minimum atomic E-state index is 0.417. The van der Waals surface area contributed by atoms with E-state index >= 15 is 0 Å². The minimum absolute atomic E-state index is 0.417. The van der Waals surface area contributed by atoms with Gasteiger partial charge in [0.15, 0.2) is 0 Å². The van der Waals surface area contributed by atoms with Crippen LogP contribution < -0.4 is 0 Å². The molecule has 0 aliphatic rings. The lowest BCUT2D eigenvalue weighted by molar-refractivity contribution is 0.210. The first-order valence-electron chi connectivity index (χ1n) is 4.59. The second-order valence-corrected chi connectivity index (χ2v) is 5.66. The summed E-state index contributed by atoms with van der Waals surface area (Å²) in [5.41, 5.74) is 0.417. The van der Waals surface area contributed by atoms with Gasteiger partial charge in [-0.25, -0.2) is 0 Å². The van der Waals surface area contributed by atoms with E-state index in [1.807, 2.05) is 0 Å². The molecule has 0 radical (unpaired) electrons. The van der Waals surface area contributed by atoms with Gasteiger partial charge in [-0.3, -0.25) is 0 Å². The summed E-state index contributed by atoms with van der Waals surface area (Å²) in [6.45, 7) is 11.5. The highest BCUT2D eigenvalue weighted by molar-refractivity contribution is 9.09. The van der Waals surface area contributed by atoms with Gasteiger partial charge in [-0.2, -0.15) is 0 Å². The van der Waals surface area contributed by atoms with E-state index in [-0.39, 0.29) is 0 Å². The van der Waals surface area contributed by atoms with Crippen molar-refractivity contribution in [2.75, 3.05) is 25.5 Å². The van der Waals surface area contributed by atoms with E-state index in [1.165, 1.54) is 13.1 Å². The lowest BCUT2D eigenvalue weighted by Gasteiger charge is -2.28. The van der Waals surface area contributed by atoms with Crippen LogP contribution in [0, 0.1) is 11.3 Å². The monoisotopic (exact) mass is 235 g/mol. The molecule has 2 heteroatoms. The van der Waals surface area contributed by atoms with E-state index in [4.69, 9.17) is 0 Å². The molecule has 74 valence electrons. The molecule has 0 heterocycles. The van der Waals surface area contributed by atoms with E-state index < -0.39 is 0 Å². The molecule has 0 amide bonds. The fourth-order valence-corrected chi connectivity index (χ4v) is 1.66. The van der Waals surface area contributed by atoms with Crippen molar-refractivity contribution in [1.82, 2.24) is 4.90 Å². The summed E-state index contributed by atoms with van der Waals surface area (Å²) in [7, 11) is 2.20. The molecule has 0 fully saturated rings. The summed E-state index contributed by atoms with van der Waals surface area (Å²) >= 11 is 3.50. The number of hydrogen-bond acceptors (Lipinski definition) is 1. The van der Waals surface area contributed by atoms with Crippen LogP contribution in [0.3, 0.4) is 0 Å². The first kappa shape index (κ1) is 12.4. The van der Waals surface area contributed by atoms with Crippen LogP contribution in [0.25, 0.3) is 0 Å². The Morgan fingerprint density at radius 3 is 2.17 bits per heavy atom. The van der Waals surface area contributed by atoms with Crippen molar-refractivity contribution in [2.45, 2.75) is 27.7 Å². The second-order valence-electron chi connectivity index (χ2n) is 5.02. The minimum Gasteiger partial charge on any atom is -0.306 e. The van der Waals surface area contributed by atoms with Gasteiger partial charge in [-0.05, 0) is 18.4 Å². The number of alkyl halides is 1. The lowest BCUT2D eigenvalue weighted by atomic mass is 9.96. The SMILES string of the molecule is CC(CBr)CN(C)CC(C)(C)C. The predicted molar refractivity (Wildman–Crippen MR) is 59.9 cm³/mol. The summed E-state index contributed by atoms with van der Waals surface area (Å²) < 4.78 is 0. The van der Waals surface area contributed by atoms with Crippen molar-refractivity contribution in [3.8, 4) is 0 Å².